The molecule has 0 spiro atoms. The summed E-state index contributed by atoms with van der Waals surface area (Å²) in [4.78, 5) is 0. The molecule has 0 aliphatic rings. The molecule has 0 unspecified atom stereocenters. The first kappa shape index (κ1) is 23.5. The zero-order valence-electron chi connectivity index (χ0n) is 14.2. The molecule has 14 heteroatoms. The minimum absolute atomic E-state index is 0. The molecule has 154 valence electrons. The van der Waals surface area contributed by atoms with Crippen LogP contribution in [0.15, 0.2) is 73.8 Å². The molecule has 0 radical (unpaired) electrons. The van der Waals surface area contributed by atoms with Crippen molar-refractivity contribution >= 4 is 0 Å². The Kier molecular flexibility index (Phi) is 10.1. The molecule has 0 saturated carbocycles. The normalized spacial score (nSPS) is 10.1. The van der Waals surface area contributed by atoms with Gasteiger partial charge in [0.15, 0.2) is 0 Å². The van der Waals surface area contributed by atoms with E-state index in [0.29, 0.717) is 13.3 Å². The van der Waals surface area contributed by atoms with Crippen molar-refractivity contribution in [2.24, 2.45) is 0 Å². The van der Waals surface area contributed by atoms with Crippen LogP contribution in [0.4, 0.5) is 0 Å². The van der Waals surface area contributed by atoms with Crippen LogP contribution in [-0.2, 0) is 30.4 Å². The van der Waals surface area contributed by atoms with Gasteiger partial charge < -0.3 is 0 Å². The van der Waals surface area contributed by atoms with E-state index in [2.05, 4.69) is 20.4 Å². The molecule has 4 rings (SSSR count). The van der Waals surface area contributed by atoms with Gasteiger partial charge in [-0.1, -0.05) is 0 Å². The number of halogens is 1. The Balaban J connectivity index is 0.000000222. The molecule has 0 bridgehead atoms. The predicted octanol–water partition coefficient (Wildman–Crippen LogP) is -3.59. The Morgan fingerprint density at radius 3 is 0.893 bits per heavy atom. The molecule has 0 amide bonds. The fourth-order valence-corrected chi connectivity index (χ4v) is 1.83. The van der Waals surface area contributed by atoms with E-state index in [0.717, 1.165) is 0 Å². The van der Waals surface area contributed by atoms with E-state index in [1.165, 1.54) is 0 Å². The maximum atomic E-state index is 8.49. The van der Waals surface area contributed by atoms with Crippen LogP contribution in [0.2, 0.25) is 0 Å². The Hall–Kier alpha value is -2.51. The first-order valence-corrected chi connectivity index (χ1v) is 8.65. The van der Waals surface area contributed by atoms with Gasteiger partial charge in [-0.25, -0.2) is 18.6 Å². The summed E-state index contributed by atoms with van der Waals surface area (Å²) in [6.07, 6.45) is 14.6. The molecule has 0 aliphatic carbocycles. The van der Waals surface area contributed by atoms with E-state index < -0.39 is 10.2 Å². The largest absolute Gasteiger partial charge is 1.00 e. The van der Waals surface area contributed by atoms with E-state index in [1.807, 2.05) is 67.8 Å². The second kappa shape index (κ2) is 12.0. The minimum Gasteiger partial charge on any atom is -0.251 e. The third kappa shape index (κ3) is 10.6. The Morgan fingerprint density at radius 2 is 0.750 bits per heavy atom. The topological polar surface area (TPSA) is 164 Å². The van der Waals surface area contributed by atoms with Crippen molar-refractivity contribution in [1.82, 2.24) is 39.1 Å². The summed E-state index contributed by atoms with van der Waals surface area (Å²) in [6, 6.07) is 7.57. The maximum Gasteiger partial charge on any atom is 1.00 e. The van der Waals surface area contributed by atoms with Crippen LogP contribution in [0.3, 0.4) is 0 Å². The van der Waals surface area contributed by atoms with Crippen LogP contribution < -0.4 is 18.6 Å². The van der Waals surface area contributed by atoms with Crippen molar-refractivity contribution in [2.45, 2.75) is 13.3 Å². The molecule has 0 aromatic carbocycles. The first-order chi connectivity index (χ1) is 12.9. The molecule has 0 saturated heterocycles. The van der Waals surface area contributed by atoms with E-state index in [4.69, 9.17) is 18.6 Å². The van der Waals surface area contributed by atoms with Gasteiger partial charge in [0.2, 0.25) is 0 Å². The van der Waals surface area contributed by atoms with Crippen molar-refractivity contribution < 1.29 is 45.9 Å². The van der Waals surface area contributed by atoms with Crippen LogP contribution >= 0.6 is 0 Å². The molecular weight excluding hydrogens is 443 g/mol. The van der Waals surface area contributed by atoms with Gasteiger partial charge in [-0.15, -0.1) is 10.2 Å². The van der Waals surface area contributed by atoms with E-state index in [9.17, 15) is 0 Å². The number of aromatic nitrogens is 8. The number of hydrogen-bond acceptors (Lipinski definition) is 8. The predicted molar refractivity (Wildman–Crippen MR) is 79.7 cm³/mol. The smallest absolute Gasteiger partial charge is 0.251 e. The summed E-state index contributed by atoms with van der Waals surface area (Å²) < 4.78 is 41.2. The van der Waals surface area contributed by atoms with Crippen molar-refractivity contribution in [3.8, 4) is 0 Å². The Morgan fingerprint density at radius 1 is 0.536 bits per heavy atom. The van der Waals surface area contributed by atoms with Gasteiger partial charge in [0.25, 0.3) is 0 Å². The van der Waals surface area contributed by atoms with Crippen molar-refractivity contribution in [2.75, 3.05) is 0 Å². The quantitative estimate of drug-likeness (QED) is 0.283. The molecule has 4 aromatic rings. The molecule has 12 nitrogen and oxygen atoms in total. The first-order valence-electron chi connectivity index (χ1n) is 7.41. The molecular formula is C14H16ClCuN8O4. The van der Waals surface area contributed by atoms with E-state index >= 15 is 0 Å². The zero-order chi connectivity index (χ0) is 19.5. The summed E-state index contributed by atoms with van der Waals surface area (Å²) in [6.45, 7) is 1.36. The number of nitrogens with zero attached hydrogens (tertiary/aromatic N) is 8. The second-order valence-corrected chi connectivity index (χ2v) is 5.60. The fraction of sp³-hybridized carbons (Fsp3) is 0.143. The summed E-state index contributed by atoms with van der Waals surface area (Å²) in [5.74, 6) is 0. The summed E-state index contributed by atoms with van der Waals surface area (Å²) in [5, 5.41) is 16.2. The minimum atomic E-state index is -4.94. The van der Waals surface area contributed by atoms with Gasteiger partial charge in [0.1, 0.15) is 13.3 Å². The fourth-order valence-electron chi connectivity index (χ4n) is 1.83. The summed E-state index contributed by atoms with van der Waals surface area (Å²) in [7, 11) is -4.94. The monoisotopic (exact) mass is 458 g/mol. The van der Waals surface area contributed by atoms with E-state index in [1.54, 1.807) is 24.8 Å². The molecule has 0 N–H and O–H groups in total. The zero-order valence-corrected chi connectivity index (χ0v) is 15.9. The standard InChI is InChI=1S/2C7H8N4.ClHO4.Cu/c2*1-3-8-10(5-1)7-11-6-2-4-9-11;2-1(3,4)5;/h2*1-6H,7H2;(H,2,3,4,5);/q;;;+1/p-1. The molecule has 4 aromatic heterocycles. The average Bonchev–Trinajstić information content (AvgIpc) is 3.38. The molecule has 0 atom stereocenters. The van der Waals surface area contributed by atoms with Crippen LogP contribution in [0.5, 0.6) is 0 Å². The Labute approximate surface area is 172 Å². The SMILES string of the molecule is [Cu+].[O-][Cl+3]([O-])([O-])[O-].c1cnn(Cn2cccn2)c1.c1cnn(Cn2cccn2)c1. The third-order valence-corrected chi connectivity index (χ3v) is 2.82. The molecule has 0 aliphatic heterocycles. The Bertz CT molecular complexity index is 696. The second-order valence-electron chi connectivity index (χ2n) is 4.84. The third-order valence-electron chi connectivity index (χ3n) is 2.82. The van der Waals surface area contributed by atoms with Crippen molar-refractivity contribution in [1.29, 1.82) is 0 Å². The van der Waals surface area contributed by atoms with Crippen LogP contribution in [0.1, 0.15) is 0 Å². The average molecular weight is 459 g/mol. The molecule has 0 fully saturated rings. The van der Waals surface area contributed by atoms with Gasteiger partial charge in [-0.2, -0.15) is 20.4 Å². The van der Waals surface area contributed by atoms with E-state index in [-0.39, 0.29) is 17.1 Å². The van der Waals surface area contributed by atoms with Gasteiger partial charge in [-0.3, -0.25) is 18.7 Å². The van der Waals surface area contributed by atoms with Crippen LogP contribution in [-0.4, -0.2) is 39.1 Å². The summed E-state index contributed by atoms with van der Waals surface area (Å²) >= 11 is 0. The molecule has 28 heavy (non-hydrogen) atoms. The van der Waals surface area contributed by atoms with Gasteiger partial charge in [0.05, 0.1) is 0 Å². The van der Waals surface area contributed by atoms with Crippen molar-refractivity contribution in [3.63, 3.8) is 0 Å². The number of hydrogen-bond donors (Lipinski definition) is 0. The van der Waals surface area contributed by atoms with Gasteiger partial charge in [-0.05, 0) is 24.3 Å². The number of rotatable bonds is 4. The van der Waals surface area contributed by atoms with Crippen molar-refractivity contribution in [3.05, 3.63) is 73.8 Å². The molecule has 4 heterocycles. The van der Waals surface area contributed by atoms with Crippen LogP contribution in [0, 0.1) is 10.2 Å². The van der Waals surface area contributed by atoms with Crippen LogP contribution in [0.25, 0.3) is 0 Å². The summed E-state index contributed by atoms with van der Waals surface area (Å²) in [5.41, 5.74) is 0. The maximum absolute atomic E-state index is 8.49. The van der Waals surface area contributed by atoms with Gasteiger partial charge >= 0.3 is 17.1 Å². The van der Waals surface area contributed by atoms with Gasteiger partial charge in [0, 0.05) is 49.6 Å².